The number of amides is 1. The average molecular weight is 518 g/mol. The molecule has 0 bridgehead atoms. The first-order valence-electron chi connectivity index (χ1n) is 10.8. The maximum absolute atomic E-state index is 12.6. The molecule has 1 aromatic carbocycles. The van der Waals surface area contributed by atoms with Crippen molar-refractivity contribution in [3.8, 4) is 0 Å². The number of nitrogens with zero attached hydrogens (tertiary/aromatic N) is 2. The van der Waals surface area contributed by atoms with Crippen LogP contribution in [0.3, 0.4) is 0 Å². The van der Waals surface area contributed by atoms with Crippen molar-refractivity contribution in [2.75, 3.05) is 43.4 Å². The predicted octanol–water partition coefficient (Wildman–Crippen LogP) is 2.51. The quantitative estimate of drug-likeness (QED) is 0.320. The molecule has 0 aromatic heterocycles. The van der Waals surface area contributed by atoms with Crippen LogP contribution in [0.5, 0.6) is 0 Å². The number of carbonyl (C=O) groups is 1. The third kappa shape index (κ3) is 6.94. The highest BCUT2D eigenvalue weighted by atomic mass is 32.2. The minimum Gasteiger partial charge on any atom is -0.748 e. The number of rotatable bonds is 8. The van der Waals surface area contributed by atoms with Crippen LogP contribution in [-0.4, -0.2) is 66.6 Å². The van der Waals surface area contributed by atoms with Crippen LogP contribution in [0, 0.1) is 0 Å². The molecule has 2 heterocycles. The zero-order chi connectivity index (χ0) is 23.9. The summed E-state index contributed by atoms with van der Waals surface area (Å²) in [5, 5.41) is 0.748. The largest absolute Gasteiger partial charge is 0.748 e. The maximum atomic E-state index is 12.6. The fourth-order valence-corrected chi connectivity index (χ4v) is 6.58. The van der Waals surface area contributed by atoms with Gasteiger partial charge in [-0.3, -0.25) is 9.69 Å². The van der Waals surface area contributed by atoms with Crippen LogP contribution in [0.1, 0.15) is 34.1 Å². The number of hydrogen-bond donors (Lipinski definition) is 1. The monoisotopic (exact) mass is 517 g/mol. The van der Waals surface area contributed by atoms with E-state index in [4.69, 9.17) is 12.2 Å². The number of carbonyl (C=O) groups excluding carboxylic acids is 1. The molecule has 3 rings (SSSR count). The van der Waals surface area contributed by atoms with Crippen molar-refractivity contribution in [3.63, 3.8) is 0 Å². The molecule has 0 unspecified atom stereocenters. The Labute approximate surface area is 205 Å². The second kappa shape index (κ2) is 12.4. The van der Waals surface area contributed by atoms with Gasteiger partial charge in [0.05, 0.1) is 35.4 Å². The first kappa shape index (κ1) is 27.1. The van der Waals surface area contributed by atoms with Gasteiger partial charge in [-0.05, 0) is 46.2 Å². The van der Waals surface area contributed by atoms with E-state index in [1.54, 1.807) is 9.80 Å². The standard InChI is InChI=1S/C15H16N2O4S4.C6H15N/c1-2-16-13(18)12(24-15(16)22)14-17(8-5-9-25(19,20)21)10-6-3-4-7-11(10)23-14;1-4-7(5-2)6-3/h3-4,6-7H,2,5,8-9H2,1H3,(H,19,20,21);4-6H2,1-3H3/b14-12-;. The zero-order valence-corrected chi connectivity index (χ0v) is 22.2. The number of thiocarbonyl (C=S) groups is 1. The number of benzene rings is 1. The summed E-state index contributed by atoms with van der Waals surface area (Å²) in [7, 11) is -4.26. The Kier molecular flexibility index (Phi) is 10.5. The van der Waals surface area contributed by atoms with Crippen molar-refractivity contribution >= 4 is 61.8 Å². The molecule has 7 nitrogen and oxygen atoms in total. The van der Waals surface area contributed by atoms with E-state index in [1.165, 1.54) is 43.2 Å². The number of nitrogens with one attached hydrogen (secondary N) is 1. The van der Waals surface area contributed by atoms with Gasteiger partial charge in [0.15, 0.2) is 0 Å². The lowest BCUT2D eigenvalue weighted by molar-refractivity contribution is -0.894. The van der Waals surface area contributed by atoms with Crippen molar-refractivity contribution in [2.45, 2.75) is 39.0 Å². The van der Waals surface area contributed by atoms with E-state index in [2.05, 4.69) is 20.8 Å². The van der Waals surface area contributed by atoms with E-state index in [9.17, 15) is 17.8 Å². The minimum atomic E-state index is -4.26. The van der Waals surface area contributed by atoms with E-state index in [0.29, 0.717) is 22.3 Å². The van der Waals surface area contributed by atoms with Gasteiger partial charge in [0.1, 0.15) is 14.3 Å². The molecular weight excluding hydrogens is 487 g/mol. The summed E-state index contributed by atoms with van der Waals surface area (Å²) in [6.07, 6.45) is 0.193. The molecule has 1 aromatic rings. The van der Waals surface area contributed by atoms with E-state index >= 15 is 0 Å². The second-order valence-corrected chi connectivity index (χ2v) is 11.4. The molecule has 1 N–H and O–H groups in total. The predicted molar refractivity (Wildman–Crippen MR) is 136 cm³/mol. The molecule has 0 spiro atoms. The number of thioether (sulfide) groups is 2. The summed E-state index contributed by atoms with van der Waals surface area (Å²) in [5.41, 5.74) is 0.910. The summed E-state index contributed by atoms with van der Waals surface area (Å²) < 4.78 is 33.2. The Morgan fingerprint density at radius 1 is 1.03 bits per heavy atom. The first-order valence-corrected chi connectivity index (χ1v) is 14.4. The second-order valence-electron chi connectivity index (χ2n) is 7.20. The zero-order valence-electron chi connectivity index (χ0n) is 18.9. The minimum absolute atomic E-state index is 0.130. The highest BCUT2D eigenvalue weighted by Crippen LogP contribution is 2.50. The van der Waals surface area contributed by atoms with Gasteiger partial charge >= 0.3 is 0 Å². The molecular formula is C21H31N3O4S4. The molecule has 32 heavy (non-hydrogen) atoms. The summed E-state index contributed by atoms with van der Waals surface area (Å²) in [5.74, 6) is -0.561. The molecule has 0 saturated carbocycles. The maximum Gasteiger partial charge on any atom is 0.268 e. The lowest BCUT2D eigenvalue weighted by atomic mass is 10.3. The molecule has 1 saturated heterocycles. The van der Waals surface area contributed by atoms with Crippen molar-refractivity contribution < 1.29 is 22.7 Å². The number of likely N-dealkylation sites (N-methyl/N-ethyl adjacent to an activating group) is 1. The number of hydrogen-bond acceptors (Lipinski definition) is 8. The Hall–Kier alpha value is -1.11. The molecule has 1 fully saturated rings. The summed E-state index contributed by atoms with van der Waals surface area (Å²) in [6, 6.07) is 7.66. The van der Waals surface area contributed by atoms with E-state index < -0.39 is 15.9 Å². The van der Waals surface area contributed by atoms with Gasteiger partial charge in [-0.25, -0.2) is 8.42 Å². The van der Waals surface area contributed by atoms with Crippen LogP contribution in [0.25, 0.3) is 0 Å². The van der Waals surface area contributed by atoms with Crippen LogP contribution in [0.4, 0.5) is 5.69 Å². The van der Waals surface area contributed by atoms with Gasteiger partial charge in [0, 0.05) is 23.7 Å². The molecule has 2 aliphatic heterocycles. The van der Waals surface area contributed by atoms with Gasteiger partial charge < -0.3 is 14.4 Å². The van der Waals surface area contributed by atoms with Crippen LogP contribution >= 0.6 is 35.7 Å². The Balaban J connectivity index is 0.000000451. The molecule has 0 atom stereocenters. The Bertz CT molecular complexity index is 956. The van der Waals surface area contributed by atoms with Crippen molar-refractivity contribution in [2.24, 2.45) is 0 Å². The number of fused-ring (bicyclic) bond motifs is 1. The van der Waals surface area contributed by atoms with Gasteiger partial charge in [-0.2, -0.15) is 0 Å². The number of quaternary nitrogens is 1. The lowest BCUT2D eigenvalue weighted by Gasteiger charge is -2.21. The van der Waals surface area contributed by atoms with Crippen LogP contribution in [-0.2, 0) is 14.9 Å². The van der Waals surface area contributed by atoms with Crippen LogP contribution in [0.15, 0.2) is 39.1 Å². The van der Waals surface area contributed by atoms with Gasteiger partial charge in [0.2, 0.25) is 0 Å². The smallest absolute Gasteiger partial charge is 0.268 e. The van der Waals surface area contributed by atoms with Crippen LogP contribution in [0.2, 0.25) is 0 Å². The van der Waals surface area contributed by atoms with Crippen molar-refractivity contribution in [1.82, 2.24) is 4.90 Å². The summed E-state index contributed by atoms with van der Waals surface area (Å²) in [6.45, 7) is 13.2. The molecule has 0 aliphatic carbocycles. The molecule has 2 aliphatic rings. The fraction of sp³-hybridized carbons (Fsp3) is 0.524. The Morgan fingerprint density at radius 2 is 1.66 bits per heavy atom. The van der Waals surface area contributed by atoms with Crippen molar-refractivity contribution in [3.05, 3.63) is 34.2 Å². The lowest BCUT2D eigenvalue weighted by Crippen LogP contribution is -3.11. The third-order valence-electron chi connectivity index (χ3n) is 5.24. The van der Waals surface area contributed by atoms with E-state index in [0.717, 1.165) is 15.6 Å². The first-order chi connectivity index (χ1) is 15.2. The van der Waals surface area contributed by atoms with E-state index in [-0.39, 0.29) is 12.3 Å². The molecule has 11 heteroatoms. The average Bonchev–Trinajstić information content (AvgIpc) is 3.25. The van der Waals surface area contributed by atoms with Gasteiger partial charge in [0.25, 0.3) is 5.91 Å². The van der Waals surface area contributed by atoms with Gasteiger partial charge in [-0.1, -0.05) is 47.9 Å². The topological polar surface area (TPSA) is 85.2 Å². The molecule has 1 amide bonds. The molecule has 0 radical (unpaired) electrons. The summed E-state index contributed by atoms with van der Waals surface area (Å²) >= 11 is 8.01. The van der Waals surface area contributed by atoms with E-state index in [1.807, 2.05) is 36.1 Å². The fourth-order valence-electron chi connectivity index (χ4n) is 3.37. The SMILES string of the molecule is CCN1C(=O)/C(=C2/Sc3ccccc3N2CCCS(=O)(=O)[O-])SC1=S.CC[NH+](CC)CC. The Morgan fingerprint density at radius 3 is 2.16 bits per heavy atom. The van der Waals surface area contributed by atoms with Gasteiger partial charge in [-0.15, -0.1) is 0 Å². The molecule has 178 valence electrons. The number of para-hydroxylation sites is 1. The number of anilines is 1. The highest BCUT2D eigenvalue weighted by Gasteiger charge is 2.38. The van der Waals surface area contributed by atoms with Crippen LogP contribution < -0.4 is 9.80 Å². The third-order valence-corrected chi connectivity index (χ3v) is 8.78. The summed E-state index contributed by atoms with van der Waals surface area (Å²) in [4.78, 5) is 19.3. The normalized spacial score (nSPS) is 18.3. The van der Waals surface area contributed by atoms with Crippen molar-refractivity contribution in [1.29, 1.82) is 0 Å². The highest BCUT2D eigenvalue weighted by molar-refractivity contribution is 8.27.